The van der Waals surface area contributed by atoms with Crippen LogP contribution < -0.4 is 10.6 Å². The van der Waals surface area contributed by atoms with Gasteiger partial charge in [-0.2, -0.15) is 0 Å². The van der Waals surface area contributed by atoms with Gasteiger partial charge in [-0.25, -0.2) is 0 Å². The second-order valence-corrected chi connectivity index (χ2v) is 11.0. The number of carboxylic acid groups (broad SMARTS) is 1. The van der Waals surface area contributed by atoms with E-state index in [1.165, 1.54) is 11.3 Å². The highest BCUT2D eigenvalue weighted by Gasteiger charge is 2.28. The van der Waals surface area contributed by atoms with Gasteiger partial charge in [-0.15, -0.1) is 11.3 Å². The first-order valence-corrected chi connectivity index (χ1v) is 12.5. The lowest BCUT2D eigenvalue weighted by Crippen LogP contribution is -2.54. The SMILES string of the molecule is CC(C)(Cc1ccc(Cl)cc1)NC(=O)[C@H](CCC(=O)O)NC(=O)c1ccc(-c2ccc(Cl)s2)cc1. The Bertz CT molecular complexity index is 1190. The summed E-state index contributed by atoms with van der Waals surface area (Å²) >= 11 is 13.4. The molecule has 2 amide bonds. The van der Waals surface area contributed by atoms with Crippen molar-refractivity contribution in [3.8, 4) is 10.4 Å². The maximum Gasteiger partial charge on any atom is 0.303 e. The molecule has 0 fully saturated rings. The average Bonchev–Trinajstić information content (AvgIpc) is 3.23. The van der Waals surface area contributed by atoms with E-state index in [1.54, 1.807) is 36.4 Å². The Balaban J connectivity index is 1.68. The third-order valence-corrected chi connectivity index (χ3v) is 6.83. The van der Waals surface area contributed by atoms with Crippen LogP contribution in [0, 0.1) is 0 Å². The number of aliphatic carboxylic acids is 1. The molecule has 9 heteroatoms. The summed E-state index contributed by atoms with van der Waals surface area (Å²) in [5.74, 6) is -1.94. The molecule has 3 aromatic rings. The van der Waals surface area contributed by atoms with Crippen molar-refractivity contribution in [3.05, 3.63) is 81.1 Å². The van der Waals surface area contributed by atoms with Crippen molar-refractivity contribution < 1.29 is 19.5 Å². The van der Waals surface area contributed by atoms with Gasteiger partial charge in [0.2, 0.25) is 5.91 Å². The van der Waals surface area contributed by atoms with Crippen molar-refractivity contribution in [2.75, 3.05) is 0 Å². The van der Waals surface area contributed by atoms with Gasteiger partial charge in [-0.1, -0.05) is 47.5 Å². The van der Waals surface area contributed by atoms with Crippen LogP contribution >= 0.6 is 34.5 Å². The van der Waals surface area contributed by atoms with Crippen LogP contribution in [0.1, 0.15) is 42.6 Å². The summed E-state index contributed by atoms with van der Waals surface area (Å²) < 4.78 is 0.674. The molecule has 6 nitrogen and oxygen atoms in total. The number of benzene rings is 2. The summed E-state index contributed by atoms with van der Waals surface area (Å²) in [7, 11) is 0. The largest absolute Gasteiger partial charge is 0.481 e. The lowest BCUT2D eigenvalue weighted by Gasteiger charge is -2.29. The highest BCUT2D eigenvalue weighted by molar-refractivity contribution is 7.19. The predicted octanol–water partition coefficient (Wildman–Crippen LogP) is 5.82. The molecule has 3 rings (SSSR count). The minimum absolute atomic E-state index is 0.0320. The number of nitrogens with one attached hydrogen (secondary N) is 2. The Labute approximate surface area is 218 Å². The zero-order valence-corrected chi connectivity index (χ0v) is 21.6. The minimum atomic E-state index is -1.04. The summed E-state index contributed by atoms with van der Waals surface area (Å²) in [6, 6.07) is 17.0. The quantitative estimate of drug-likeness (QED) is 0.306. The summed E-state index contributed by atoms with van der Waals surface area (Å²) in [5, 5.41) is 15.4. The number of amides is 2. The van der Waals surface area contributed by atoms with Crippen molar-refractivity contribution >= 4 is 52.3 Å². The standard InChI is InChI=1S/C26H26Cl2N2O4S/c1-26(2,15-16-3-9-19(27)10-4-16)30-25(34)20(11-14-23(31)32)29-24(33)18-7-5-17(6-8-18)21-12-13-22(28)35-21/h3-10,12-13,20H,11,14-15H2,1-2H3,(H,29,33)(H,30,34)(H,31,32)/t20-/m0/s1. The molecule has 0 saturated heterocycles. The Morgan fingerprint density at radius 1 is 0.971 bits per heavy atom. The van der Waals surface area contributed by atoms with Crippen molar-refractivity contribution in [2.45, 2.75) is 44.7 Å². The molecule has 1 aromatic heterocycles. The molecule has 3 N–H and O–H groups in total. The number of rotatable bonds is 10. The molecule has 2 aromatic carbocycles. The second-order valence-electron chi connectivity index (χ2n) is 8.82. The summed E-state index contributed by atoms with van der Waals surface area (Å²) in [5.41, 5.74) is 1.63. The average molecular weight is 533 g/mol. The van der Waals surface area contributed by atoms with Gasteiger partial charge in [0, 0.05) is 27.4 Å². The Hall–Kier alpha value is -2.87. The van der Waals surface area contributed by atoms with E-state index in [2.05, 4.69) is 10.6 Å². The molecule has 0 unspecified atom stereocenters. The van der Waals surface area contributed by atoms with Crippen LogP contribution in [0.5, 0.6) is 0 Å². The summed E-state index contributed by atoms with van der Waals surface area (Å²) in [4.78, 5) is 38.1. The lowest BCUT2D eigenvalue weighted by atomic mass is 9.94. The first-order valence-electron chi connectivity index (χ1n) is 11.0. The van der Waals surface area contributed by atoms with Gasteiger partial charge in [-0.05, 0) is 74.2 Å². The lowest BCUT2D eigenvalue weighted by molar-refractivity contribution is -0.137. The second kappa shape index (κ2) is 11.7. The number of thiophene rings is 1. The minimum Gasteiger partial charge on any atom is -0.481 e. The Morgan fingerprint density at radius 3 is 2.20 bits per heavy atom. The van der Waals surface area contributed by atoms with E-state index >= 15 is 0 Å². The molecule has 0 saturated carbocycles. The fourth-order valence-corrected chi connectivity index (χ4v) is 4.79. The highest BCUT2D eigenvalue weighted by atomic mass is 35.5. The van der Waals surface area contributed by atoms with Crippen molar-refractivity contribution in [1.29, 1.82) is 0 Å². The maximum absolute atomic E-state index is 13.1. The maximum atomic E-state index is 13.1. The van der Waals surface area contributed by atoms with Gasteiger partial charge >= 0.3 is 5.97 Å². The summed E-state index contributed by atoms with van der Waals surface area (Å²) in [6.45, 7) is 3.73. The molecule has 0 bridgehead atoms. The molecule has 35 heavy (non-hydrogen) atoms. The van der Waals surface area contributed by atoms with Crippen LogP contribution in [0.3, 0.4) is 0 Å². The first kappa shape index (κ1) is 26.7. The fraction of sp³-hybridized carbons (Fsp3) is 0.269. The number of carbonyl (C=O) groups is 3. The molecule has 1 atom stereocenters. The highest BCUT2D eigenvalue weighted by Crippen LogP contribution is 2.31. The molecule has 0 radical (unpaired) electrons. The van der Waals surface area contributed by atoms with Crippen LogP contribution in [0.15, 0.2) is 60.7 Å². The zero-order chi connectivity index (χ0) is 25.6. The number of carbonyl (C=O) groups excluding carboxylic acids is 2. The predicted molar refractivity (Wildman–Crippen MR) is 140 cm³/mol. The third-order valence-electron chi connectivity index (χ3n) is 5.29. The molecular formula is C26H26Cl2N2O4S. The summed E-state index contributed by atoms with van der Waals surface area (Å²) in [6.07, 6.45) is 0.244. The fourth-order valence-electron chi connectivity index (χ4n) is 3.61. The molecule has 1 heterocycles. The van der Waals surface area contributed by atoms with Crippen LogP contribution in [0.4, 0.5) is 0 Å². The van der Waals surface area contributed by atoms with E-state index in [0.29, 0.717) is 21.3 Å². The molecular weight excluding hydrogens is 507 g/mol. The van der Waals surface area contributed by atoms with E-state index in [1.807, 2.05) is 38.1 Å². The van der Waals surface area contributed by atoms with Gasteiger partial charge in [-0.3, -0.25) is 14.4 Å². The molecule has 184 valence electrons. The number of halogens is 2. The van der Waals surface area contributed by atoms with Crippen molar-refractivity contribution in [2.24, 2.45) is 0 Å². The number of hydrogen-bond donors (Lipinski definition) is 3. The zero-order valence-electron chi connectivity index (χ0n) is 19.3. The monoisotopic (exact) mass is 532 g/mol. The van der Waals surface area contributed by atoms with Gasteiger partial charge in [0.05, 0.1) is 4.34 Å². The third kappa shape index (κ3) is 8.09. The normalized spacial score (nSPS) is 12.1. The molecule has 0 aliphatic heterocycles. The smallest absolute Gasteiger partial charge is 0.303 e. The topological polar surface area (TPSA) is 95.5 Å². The van der Waals surface area contributed by atoms with Gasteiger partial charge in [0.15, 0.2) is 0 Å². The van der Waals surface area contributed by atoms with Crippen LogP contribution in [0.2, 0.25) is 9.36 Å². The Morgan fingerprint density at radius 2 is 1.63 bits per heavy atom. The number of carboxylic acids is 1. The molecule has 0 aliphatic carbocycles. The molecule has 0 spiro atoms. The van der Waals surface area contributed by atoms with Gasteiger partial charge in [0.1, 0.15) is 6.04 Å². The van der Waals surface area contributed by atoms with Crippen LogP contribution in [0.25, 0.3) is 10.4 Å². The van der Waals surface area contributed by atoms with Crippen molar-refractivity contribution in [3.63, 3.8) is 0 Å². The van der Waals surface area contributed by atoms with E-state index in [-0.39, 0.29) is 12.8 Å². The van der Waals surface area contributed by atoms with E-state index in [0.717, 1.165) is 16.0 Å². The number of hydrogen-bond acceptors (Lipinski definition) is 4. The Kier molecular flexibility index (Phi) is 8.94. The van der Waals surface area contributed by atoms with Gasteiger partial charge in [0.25, 0.3) is 5.91 Å². The van der Waals surface area contributed by atoms with Crippen LogP contribution in [-0.4, -0.2) is 34.5 Å². The first-order chi connectivity index (χ1) is 16.5. The van der Waals surface area contributed by atoms with E-state index in [4.69, 9.17) is 28.3 Å². The van der Waals surface area contributed by atoms with E-state index < -0.39 is 29.4 Å². The van der Waals surface area contributed by atoms with Crippen molar-refractivity contribution in [1.82, 2.24) is 10.6 Å². The van der Waals surface area contributed by atoms with E-state index in [9.17, 15) is 14.4 Å². The molecule has 0 aliphatic rings. The van der Waals surface area contributed by atoms with Crippen LogP contribution in [-0.2, 0) is 16.0 Å². The van der Waals surface area contributed by atoms with Gasteiger partial charge < -0.3 is 15.7 Å².